The van der Waals surface area contributed by atoms with Gasteiger partial charge in [-0.25, -0.2) is 9.80 Å². The number of hydrogen-bond donors (Lipinski definition) is 2. The van der Waals surface area contributed by atoms with Gasteiger partial charge in [0.25, 0.3) is 5.91 Å². The lowest BCUT2D eigenvalue weighted by Crippen LogP contribution is -2.39. The van der Waals surface area contributed by atoms with Crippen molar-refractivity contribution in [2.75, 3.05) is 44.3 Å². The maximum atomic E-state index is 13.1. The predicted octanol–water partition coefficient (Wildman–Crippen LogP) is 6.09. The fraction of sp³-hybridized carbons (Fsp3) is 0.364. The largest absolute Gasteiger partial charge is 0.497 e. The fourth-order valence-electron chi connectivity index (χ4n) is 5.01. The van der Waals surface area contributed by atoms with E-state index in [-0.39, 0.29) is 18.6 Å². The molecule has 222 valence electrons. The number of urea groups is 1. The van der Waals surface area contributed by atoms with Gasteiger partial charge in [-0.3, -0.25) is 4.79 Å². The molecule has 1 fully saturated rings. The Morgan fingerprint density at radius 2 is 1.64 bits per heavy atom. The zero-order valence-electron chi connectivity index (χ0n) is 25.1. The standard InChI is InChI=1S/C33H41N5O4/c1-23(2)36-38(28-12-6-24(3)7-13-28)22-34-33(40)35-27-10-8-25(9-11-27)20-26-16-18-37(19-17-26)32(39)30-15-14-29(41-4)21-31(30)42-5/h6-15,21,26H,16-20,22H2,1-5H3,(H2,34,35,40). The maximum Gasteiger partial charge on any atom is 0.320 e. The number of methoxy groups -OCH3 is 2. The van der Waals surface area contributed by atoms with Crippen molar-refractivity contribution >= 4 is 29.0 Å². The van der Waals surface area contributed by atoms with Crippen molar-refractivity contribution in [3.63, 3.8) is 0 Å². The Balaban J connectivity index is 1.25. The van der Waals surface area contributed by atoms with E-state index in [4.69, 9.17) is 9.47 Å². The number of aryl methyl sites for hydroxylation is 1. The Bertz CT molecular complexity index is 1380. The smallest absolute Gasteiger partial charge is 0.320 e. The minimum atomic E-state index is -0.297. The van der Waals surface area contributed by atoms with Crippen molar-refractivity contribution in [2.45, 2.75) is 40.0 Å². The van der Waals surface area contributed by atoms with Crippen LogP contribution in [0.1, 0.15) is 48.2 Å². The molecular weight excluding hydrogens is 530 g/mol. The van der Waals surface area contributed by atoms with Crippen molar-refractivity contribution in [1.82, 2.24) is 10.2 Å². The predicted molar refractivity (Wildman–Crippen MR) is 168 cm³/mol. The molecule has 9 nitrogen and oxygen atoms in total. The van der Waals surface area contributed by atoms with Gasteiger partial charge in [-0.1, -0.05) is 29.8 Å². The van der Waals surface area contributed by atoms with Crippen molar-refractivity contribution in [3.8, 4) is 11.5 Å². The highest BCUT2D eigenvalue weighted by atomic mass is 16.5. The number of piperidine rings is 1. The van der Waals surface area contributed by atoms with Crippen molar-refractivity contribution < 1.29 is 19.1 Å². The zero-order chi connectivity index (χ0) is 30.1. The van der Waals surface area contributed by atoms with Crippen LogP contribution < -0.4 is 25.1 Å². The topological polar surface area (TPSA) is 95.5 Å². The molecule has 42 heavy (non-hydrogen) atoms. The lowest BCUT2D eigenvalue weighted by atomic mass is 9.90. The average Bonchev–Trinajstić information content (AvgIpc) is 3.00. The van der Waals surface area contributed by atoms with E-state index in [0.717, 1.165) is 41.9 Å². The summed E-state index contributed by atoms with van der Waals surface area (Å²) in [6.45, 7) is 7.54. The van der Waals surface area contributed by atoms with Gasteiger partial charge in [-0.15, -0.1) is 0 Å². The van der Waals surface area contributed by atoms with Crippen LogP contribution in [0.5, 0.6) is 11.5 Å². The highest BCUT2D eigenvalue weighted by Gasteiger charge is 2.26. The third kappa shape index (κ3) is 8.25. The number of nitrogens with one attached hydrogen (secondary N) is 2. The van der Waals surface area contributed by atoms with E-state index in [1.165, 1.54) is 5.56 Å². The molecule has 0 spiro atoms. The van der Waals surface area contributed by atoms with Gasteiger partial charge in [-0.2, -0.15) is 5.10 Å². The van der Waals surface area contributed by atoms with E-state index in [9.17, 15) is 9.59 Å². The number of rotatable bonds is 10. The van der Waals surface area contributed by atoms with E-state index in [1.54, 1.807) is 37.4 Å². The van der Waals surface area contributed by atoms with Crippen LogP contribution in [0.3, 0.4) is 0 Å². The van der Waals surface area contributed by atoms with Crippen LogP contribution in [-0.4, -0.2) is 56.5 Å². The molecule has 4 rings (SSSR count). The number of hydrogen-bond acceptors (Lipinski definition) is 6. The minimum absolute atomic E-state index is 0.0136. The summed E-state index contributed by atoms with van der Waals surface area (Å²) in [5.74, 6) is 1.66. The summed E-state index contributed by atoms with van der Waals surface area (Å²) in [6.07, 6.45) is 2.80. The number of carbonyl (C=O) groups is 2. The Morgan fingerprint density at radius 3 is 2.26 bits per heavy atom. The first-order chi connectivity index (χ1) is 20.2. The normalized spacial score (nSPS) is 13.2. The summed E-state index contributed by atoms with van der Waals surface area (Å²) in [4.78, 5) is 27.7. The third-order valence-electron chi connectivity index (χ3n) is 7.32. The Hall–Kier alpha value is -4.53. The van der Waals surface area contributed by atoms with Crippen LogP contribution in [0, 0.1) is 12.8 Å². The highest BCUT2D eigenvalue weighted by Crippen LogP contribution is 2.28. The summed E-state index contributed by atoms with van der Waals surface area (Å²) >= 11 is 0. The molecule has 1 saturated heterocycles. The Kier molecular flexibility index (Phi) is 10.4. The molecule has 0 unspecified atom stereocenters. The molecule has 3 aromatic rings. The summed E-state index contributed by atoms with van der Waals surface area (Å²) < 4.78 is 10.7. The molecule has 0 atom stereocenters. The van der Waals surface area contributed by atoms with Gasteiger partial charge >= 0.3 is 6.03 Å². The molecule has 3 amide bonds. The molecule has 0 aromatic heterocycles. The number of anilines is 2. The van der Waals surface area contributed by atoms with E-state index >= 15 is 0 Å². The van der Waals surface area contributed by atoms with Crippen LogP contribution in [0.4, 0.5) is 16.2 Å². The third-order valence-corrected chi connectivity index (χ3v) is 7.32. The summed E-state index contributed by atoms with van der Waals surface area (Å²) in [7, 11) is 3.16. The number of carbonyl (C=O) groups excluding carboxylic acids is 2. The molecule has 1 heterocycles. The molecule has 1 aliphatic rings. The van der Waals surface area contributed by atoms with Gasteiger partial charge in [0.2, 0.25) is 0 Å². The summed E-state index contributed by atoms with van der Waals surface area (Å²) in [5.41, 5.74) is 5.45. The molecule has 1 aliphatic heterocycles. The van der Waals surface area contributed by atoms with Crippen molar-refractivity contribution in [1.29, 1.82) is 0 Å². The van der Waals surface area contributed by atoms with Crippen molar-refractivity contribution in [3.05, 3.63) is 83.4 Å². The maximum absolute atomic E-state index is 13.1. The number of ether oxygens (including phenoxy) is 2. The van der Waals surface area contributed by atoms with Gasteiger partial charge < -0.3 is 25.0 Å². The van der Waals surface area contributed by atoms with Gasteiger partial charge in [0, 0.05) is 30.6 Å². The Morgan fingerprint density at radius 1 is 0.952 bits per heavy atom. The van der Waals surface area contributed by atoms with Crippen LogP contribution >= 0.6 is 0 Å². The molecular formula is C33H41N5O4. The molecule has 3 aromatic carbocycles. The molecule has 9 heteroatoms. The van der Waals surface area contributed by atoms with Crippen LogP contribution in [0.25, 0.3) is 0 Å². The highest BCUT2D eigenvalue weighted by molar-refractivity contribution is 5.97. The molecule has 0 aliphatic carbocycles. The number of benzene rings is 3. The first-order valence-electron chi connectivity index (χ1n) is 14.3. The van der Waals surface area contributed by atoms with E-state index in [1.807, 2.05) is 62.1 Å². The van der Waals surface area contributed by atoms with Gasteiger partial charge in [0.1, 0.15) is 18.2 Å². The average molecular weight is 572 g/mol. The second kappa shape index (κ2) is 14.4. The van der Waals surface area contributed by atoms with Crippen LogP contribution in [-0.2, 0) is 6.42 Å². The lowest BCUT2D eigenvalue weighted by molar-refractivity contribution is 0.0687. The van der Waals surface area contributed by atoms with Crippen LogP contribution in [0.15, 0.2) is 71.8 Å². The summed E-state index contributed by atoms with van der Waals surface area (Å²) in [6, 6.07) is 21.0. The monoisotopic (exact) mass is 571 g/mol. The molecule has 2 N–H and O–H groups in total. The van der Waals surface area contributed by atoms with Crippen molar-refractivity contribution in [2.24, 2.45) is 11.0 Å². The zero-order valence-corrected chi connectivity index (χ0v) is 25.1. The number of amides is 3. The second-order valence-corrected chi connectivity index (χ2v) is 10.8. The fourth-order valence-corrected chi connectivity index (χ4v) is 5.01. The first-order valence-corrected chi connectivity index (χ1v) is 14.3. The van der Waals surface area contributed by atoms with Crippen LogP contribution in [0.2, 0.25) is 0 Å². The second-order valence-electron chi connectivity index (χ2n) is 10.8. The van der Waals surface area contributed by atoms with Gasteiger partial charge in [0.05, 0.1) is 25.5 Å². The van der Waals surface area contributed by atoms with E-state index in [2.05, 4.69) is 27.9 Å². The number of nitrogens with zero attached hydrogens (tertiary/aromatic N) is 3. The first kappa shape index (κ1) is 30.4. The quantitative estimate of drug-likeness (QED) is 0.175. The Labute approximate surface area is 248 Å². The number of likely N-dealkylation sites (tertiary alicyclic amines) is 1. The lowest BCUT2D eigenvalue weighted by Gasteiger charge is -2.32. The summed E-state index contributed by atoms with van der Waals surface area (Å²) in [5, 5.41) is 12.1. The van der Waals surface area contributed by atoms with Gasteiger partial charge in [-0.05, 0) is 87.9 Å². The molecule has 0 bridgehead atoms. The molecule has 0 radical (unpaired) electrons. The number of hydrazone groups is 1. The molecule has 0 saturated carbocycles. The van der Waals surface area contributed by atoms with E-state index < -0.39 is 0 Å². The minimum Gasteiger partial charge on any atom is -0.497 e. The van der Waals surface area contributed by atoms with E-state index in [0.29, 0.717) is 36.1 Å². The SMILES string of the molecule is COc1ccc(C(=O)N2CCC(Cc3ccc(NC(=O)NCN(N=C(C)C)c4ccc(C)cc4)cc3)CC2)c(OC)c1. The van der Waals surface area contributed by atoms with Gasteiger partial charge in [0.15, 0.2) is 0 Å².